The summed E-state index contributed by atoms with van der Waals surface area (Å²) in [5, 5.41) is 10.8. The highest BCUT2D eigenvalue weighted by atomic mass is 32.1. The molecule has 1 aromatic heterocycles. The van der Waals surface area contributed by atoms with E-state index in [0.717, 1.165) is 64.9 Å². The molecule has 0 saturated heterocycles. The smallest absolute Gasteiger partial charge is 0.271 e. The molecule has 0 saturated carbocycles. The van der Waals surface area contributed by atoms with E-state index in [0.29, 0.717) is 12.0 Å². The summed E-state index contributed by atoms with van der Waals surface area (Å²) in [6, 6.07) is 2.04. The van der Waals surface area contributed by atoms with E-state index >= 15 is 0 Å². The first kappa shape index (κ1) is 30.6. The van der Waals surface area contributed by atoms with Crippen molar-refractivity contribution in [2.24, 2.45) is 0 Å². The van der Waals surface area contributed by atoms with Gasteiger partial charge in [-0.05, 0) is 64.7 Å². The van der Waals surface area contributed by atoms with Crippen molar-refractivity contribution in [2.75, 3.05) is 18.0 Å². The third kappa shape index (κ3) is 8.31. The molecule has 2 amide bonds. The van der Waals surface area contributed by atoms with Gasteiger partial charge < -0.3 is 4.90 Å². The van der Waals surface area contributed by atoms with Crippen molar-refractivity contribution in [3.63, 3.8) is 0 Å². The van der Waals surface area contributed by atoms with Gasteiger partial charge in [-0.25, -0.2) is 4.98 Å². The zero-order chi connectivity index (χ0) is 27.0. The third-order valence-electron chi connectivity index (χ3n) is 5.87. The van der Waals surface area contributed by atoms with E-state index in [1.165, 1.54) is 0 Å². The molecule has 7 heteroatoms. The molecule has 0 aromatic carbocycles. The minimum Gasteiger partial charge on any atom is -0.348 e. The molecular weight excluding hydrogens is 456 g/mol. The lowest BCUT2D eigenvalue weighted by Crippen LogP contribution is -2.45. The van der Waals surface area contributed by atoms with Crippen LogP contribution < -0.4 is 4.90 Å². The minimum absolute atomic E-state index is 0.0182. The van der Waals surface area contributed by atoms with Crippen LogP contribution in [-0.2, 0) is 15.0 Å². The average Bonchev–Trinajstić information content (AvgIpc) is 3.17. The molecule has 0 bridgehead atoms. The van der Waals surface area contributed by atoms with E-state index < -0.39 is 11.4 Å². The van der Waals surface area contributed by atoms with Gasteiger partial charge in [-0.1, -0.05) is 58.8 Å². The molecule has 0 radical (unpaired) electrons. The standard InChI is InChI=1S/C28H44N4O2S/c1-11-13-15-31(16-14-12-2)26-30-24(27(5,6)7)23(35-26)17-20(3)21(4)22(18-29)25(34)32(19-33)28(8,9)10/h17,19H,11-16H2,1-10H3/b20-17+,22-21-. The number of carbonyl (C=O) groups excluding carboxylic acids is 2. The van der Waals surface area contributed by atoms with Crippen LogP contribution >= 0.6 is 11.3 Å². The molecule has 35 heavy (non-hydrogen) atoms. The van der Waals surface area contributed by atoms with Crippen molar-refractivity contribution in [3.05, 3.63) is 27.3 Å². The van der Waals surface area contributed by atoms with Gasteiger partial charge in [-0.15, -0.1) is 0 Å². The van der Waals surface area contributed by atoms with Crippen LogP contribution in [0.2, 0.25) is 0 Å². The largest absolute Gasteiger partial charge is 0.348 e. The molecule has 0 aliphatic rings. The fourth-order valence-corrected chi connectivity index (χ4v) is 4.85. The van der Waals surface area contributed by atoms with Gasteiger partial charge in [-0.3, -0.25) is 14.5 Å². The molecule has 1 rings (SSSR count). The maximum Gasteiger partial charge on any atom is 0.271 e. The summed E-state index contributed by atoms with van der Waals surface area (Å²) in [6.07, 6.45) is 7.03. The normalized spacial score (nSPS) is 13.2. The van der Waals surface area contributed by atoms with Gasteiger partial charge in [0.2, 0.25) is 6.41 Å². The van der Waals surface area contributed by atoms with Crippen LogP contribution in [0.4, 0.5) is 5.13 Å². The number of hydrogen-bond donors (Lipinski definition) is 0. The molecule has 194 valence electrons. The van der Waals surface area contributed by atoms with Gasteiger partial charge in [-0.2, -0.15) is 5.26 Å². The molecule has 0 aliphatic carbocycles. The van der Waals surface area contributed by atoms with Gasteiger partial charge in [0, 0.05) is 24.0 Å². The van der Waals surface area contributed by atoms with E-state index in [1.54, 1.807) is 39.0 Å². The van der Waals surface area contributed by atoms with Crippen LogP contribution in [0.1, 0.15) is 105 Å². The lowest BCUT2D eigenvalue weighted by atomic mass is 9.90. The van der Waals surface area contributed by atoms with Crippen LogP contribution in [0, 0.1) is 11.3 Å². The van der Waals surface area contributed by atoms with Crippen molar-refractivity contribution < 1.29 is 9.59 Å². The van der Waals surface area contributed by atoms with Crippen molar-refractivity contribution >= 4 is 34.9 Å². The van der Waals surface area contributed by atoms with Crippen LogP contribution in [-0.4, -0.2) is 40.8 Å². The van der Waals surface area contributed by atoms with Gasteiger partial charge in [0.05, 0.1) is 10.6 Å². The van der Waals surface area contributed by atoms with Crippen molar-refractivity contribution in [2.45, 2.75) is 106 Å². The predicted octanol–water partition coefficient (Wildman–Crippen LogP) is 6.87. The monoisotopic (exact) mass is 500 g/mol. The fourth-order valence-electron chi connectivity index (χ4n) is 3.52. The predicted molar refractivity (Wildman–Crippen MR) is 147 cm³/mol. The maximum atomic E-state index is 13.0. The molecule has 0 N–H and O–H groups in total. The summed E-state index contributed by atoms with van der Waals surface area (Å²) in [5.74, 6) is -0.577. The Labute approximate surface area is 216 Å². The number of carbonyl (C=O) groups is 2. The van der Waals surface area contributed by atoms with Crippen LogP contribution in [0.5, 0.6) is 0 Å². The summed E-state index contributed by atoms with van der Waals surface area (Å²) in [5.41, 5.74) is 1.49. The molecule has 0 atom stereocenters. The molecular formula is C28H44N4O2S. The van der Waals surface area contributed by atoms with Gasteiger partial charge in [0.1, 0.15) is 11.6 Å². The Balaban J connectivity index is 3.57. The lowest BCUT2D eigenvalue weighted by Gasteiger charge is -2.30. The quantitative estimate of drug-likeness (QED) is 0.143. The first-order valence-corrected chi connectivity index (χ1v) is 13.4. The topological polar surface area (TPSA) is 77.3 Å². The lowest BCUT2D eigenvalue weighted by molar-refractivity contribution is -0.140. The summed E-state index contributed by atoms with van der Waals surface area (Å²) < 4.78 is 0. The number of amides is 2. The fraction of sp³-hybridized carbons (Fsp3) is 0.643. The first-order chi connectivity index (χ1) is 16.2. The van der Waals surface area contributed by atoms with Gasteiger partial charge in [0.25, 0.3) is 5.91 Å². The molecule has 1 aromatic rings. The Morgan fingerprint density at radius 1 is 1.06 bits per heavy atom. The molecule has 0 aliphatic heterocycles. The number of nitriles is 1. The zero-order valence-electron chi connectivity index (χ0n) is 23.4. The highest BCUT2D eigenvalue weighted by Gasteiger charge is 2.30. The van der Waals surface area contributed by atoms with E-state index in [9.17, 15) is 14.9 Å². The number of imide groups is 1. The molecule has 0 unspecified atom stereocenters. The molecule has 0 spiro atoms. The number of rotatable bonds is 11. The van der Waals surface area contributed by atoms with Crippen molar-refractivity contribution in [1.82, 2.24) is 9.88 Å². The Kier molecular flexibility index (Phi) is 11.4. The highest BCUT2D eigenvalue weighted by Crippen LogP contribution is 2.36. The minimum atomic E-state index is -0.717. The van der Waals surface area contributed by atoms with Crippen LogP contribution in [0.25, 0.3) is 6.08 Å². The number of nitrogens with zero attached hydrogens (tertiary/aromatic N) is 4. The van der Waals surface area contributed by atoms with Crippen LogP contribution in [0.3, 0.4) is 0 Å². The second-order valence-corrected chi connectivity index (χ2v) is 12.1. The Bertz CT molecular complexity index is 976. The summed E-state index contributed by atoms with van der Waals surface area (Å²) in [7, 11) is 0. The Morgan fingerprint density at radius 3 is 2.00 bits per heavy atom. The van der Waals surface area contributed by atoms with Crippen molar-refractivity contribution in [3.8, 4) is 6.07 Å². The SMILES string of the molecule is CCCCN(CCCC)c1nc(C(C)(C)C)c(/C=C(C)/C(C)=C(/C#N)C(=O)N(C=O)C(C)(C)C)s1. The maximum absolute atomic E-state index is 13.0. The number of thiazole rings is 1. The second-order valence-electron chi connectivity index (χ2n) is 11.0. The Hall–Kier alpha value is -2.46. The summed E-state index contributed by atoms with van der Waals surface area (Å²) >= 11 is 1.67. The highest BCUT2D eigenvalue weighted by molar-refractivity contribution is 7.16. The van der Waals surface area contributed by atoms with E-state index in [-0.39, 0.29) is 11.0 Å². The third-order valence-corrected chi connectivity index (χ3v) is 6.94. The summed E-state index contributed by atoms with van der Waals surface area (Å²) in [6.45, 7) is 21.8. The van der Waals surface area contributed by atoms with E-state index in [2.05, 4.69) is 39.5 Å². The number of unbranched alkanes of at least 4 members (excludes halogenated alkanes) is 2. The van der Waals surface area contributed by atoms with E-state index in [1.807, 2.05) is 19.1 Å². The number of anilines is 1. The average molecular weight is 501 g/mol. The number of allylic oxidation sites excluding steroid dienone is 2. The van der Waals surface area contributed by atoms with Crippen LogP contribution in [0.15, 0.2) is 16.7 Å². The molecule has 1 heterocycles. The molecule has 0 fully saturated rings. The summed E-state index contributed by atoms with van der Waals surface area (Å²) in [4.78, 5) is 34.2. The Morgan fingerprint density at radius 2 is 1.60 bits per heavy atom. The van der Waals surface area contributed by atoms with E-state index in [4.69, 9.17) is 4.98 Å². The van der Waals surface area contributed by atoms with Gasteiger partial charge >= 0.3 is 0 Å². The second kappa shape index (κ2) is 13.0. The van der Waals surface area contributed by atoms with Gasteiger partial charge in [0.15, 0.2) is 5.13 Å². The zero-order valence-corrected chi connectivity index (χ0v) is 24.2. The first-order valence-electron chi connectivity index (χ1n) is 12.6. The number of hydrogen-bond acceptors (Lipinski definition) is 6. The van der Waals surface area contributed by atoms with Crippen molar-refractivity contribution in [1.29, 1.82) is 5.26 Å². The molecule has 6 nitrogen and oxygen atoms in total. The number of aromatic nitrogens is 1.